The van der Waals surface area contributed by atoms with Gasteiger partial charge in [-0.15, -0.1) is 0 Å². The molecule has 0 unspecified atom stereocenters. The molecule has 0 aromatic heterocycles. The van der Waals surface area contributed by atoms with Crippen LogP contribution in [-0.4, -0.2) is 6.72 Å². The number of benzene rings is 3. The SMILES string of the molecule is C=N[PH](c1ccccc1)(c1ccccc1)c1ccccc1. The van der Waals surface area contributed by atoms with Crippen LogP contribution < -0.4 is 15.9 Å². The zero-order chi connectivity index (χ0) is 14.5. The van der Waals surface area contributed by atoms with Crippen LogP contribution in [0, 0.1) is 0 Å². The van der Waals surface area contributed by atoms with Crippen molar-refractivity contribution in [3.8, 4) is 0 Å². The Kier molecular flexibility index (Phi) is 3.94. The van der Waals surface area contributed by atoms with Gasteiger partial charge in [0.25, 0.3) is 0 Å². The van der Waals surface area contributed by atoms with Crippen LogP contribution in [-0.2, 0) is 0 Å². The molecular formula is C19H18NP. The summed E-state index contributed by atoms with van der Waals surface area (Å²) in [5.41, 5.74) is 0. The Bertz CT molecular complexity index is 612. The molecule has 21 heavy (non-hydrogen) atoms. The van der Waals surface area contributed by atoms with E-state index in [0.29, 0.717) is 0 Å². The summed E-state index contributed by atoms with van der Waals surface area (Å²) in [5.74, 6) is 0. The zero-order valence-corrected chi connectivity index (χ0v) is 12.8. The van der Waals surface area contributed by atoms with E-state index in [4.69, 9.17) is 4.76 Å². The second kappa shape index (κ2) is 6.03. The minimum absolute atomic E-state index is 1.26. The van der Waals surface area contributed by atoms with Crippen molar-refractivity contribution in [3.05, 3.63) is 91.0 Å². The molecular weight excluding hydrogens is 273 g/mol. The van der Waals surface area contributed by atoms with E-state index < -0.39 is 7.41 Å². The Hall–Kier alpha value is -2.24. The normalized spacial score (nSPS) is 11.8. The van der Waals surface area contributed by atoms with Crippen molar-refractivity contribution in [1.82, 2.24) is 0 Å². The average Bonchev–Trinajstić information content (AvgIpc) is 2.59. The van der Waals surface area contributed by atoms with Gasteiger partial charge in [0, 0.05) is 0 Å². The molecule has 0 aliphatic rings. The van der Waals surface area contributed by atoms with Crippen molar-refractivity contribution in [1.29, 1.82) is 0 Å². The summed E-state index contributed by atoms with van der Waals surface area (Å²) in [6.07, 6.45) is 0. The van der Waals surface area contributed by atoms with Crippen LogP contribution >= 0.6 is 7.41 Å². The fourth-order valence-corrected chi connectivity index (χ4v) is 6.38. The van der Waals surface area contributed by atoms with Gasteiger partial charge in [-0.05, 0) is 0 Å². The van der Waals surface area contributed by atoms with Gasteiger partial charge in [0.2, 0.25) is 0 Å². The maximum atomic E-state index is 4.72. The Labute approximate surface area is 126 Å². The van der Waals surface area contributed by atoms with E-state index in [1.54, 1.807) is 0 Å². The van der Waals surface area contributed by atoms with Crippen molar-refractivity contribution < 1.29 is 0 Å². The van der Waals surface area contributed by atoms with Gasteiger partial charge in [-0.25, -0.2) is 0 Å². The molecule has 0 bridgehead atoms. The van der Waals surface area contributed by atoms with E-state index in [1.165, 1.54) is 15.9 Å². The second-order valence-corrected chi connectivity index (χ2v) is 8.44. The number of rotatable bonds is 4. The van der Waals surface area contributed by atoms with Crippen molar-refractivity contribution >= 4 is 30.0 Å². The van der Waals surface area contributed by atoms with Gasteiger partial charge in [-0.2, -0.15) is 0 Å². The molecule has 3 aromatic rings. The molecule has 104 valence electrons. The van der Waals surface area contributed by atoms with E-state index in [0.717, 1.165) is 0 Å². The van der Waals surface area contributed by atoms with Crippen molar-refractivity contribution in [2.24, 2.45) is 4.76 Å². The van der Waals surface area contributed by atoms with E-state index >= 15 is 0 Å². The molecule has 0 aliphatic carbocycles. The fourth-order valence-electron chi connectivity index (χ4n) is 2.81. The van der Waals surface area contributed by atoms with Crippen LogP contribution in [0.4, 0.5) is 0 Å². The molecule has 0 amide bonds. The summed E-state index contributed by atoms with van der Waals surface area (Å²) >= 11 is 0. The Morgan fingerprint density at radius 1 is 0.524 bits per heavy atom. The molecule has 0 aliphatic heterocycles. The Morgan fingerprint density at radius 2 is 0.810 bits per heavy atom. The summed E-state index contributed by atoms with van der Waals surface area (Å²) in [5, 5.41) is 3.78. The third kappa shape index (κ3) is 2.41. The molecule has 0 atom stereocenters. The van der Waals surface area contributed by atoms with Gasteiger partial charge in [0.15, 0.2) is 0 Å². The molecule has 2 heteroatoms. The number of hydrogen-bond donors (Lipinski definition) is 0. The van der Waals surface area contributed by atoms with Crippen LogP contribution in [0.1, 0.15) is 0 Å². The molecule has 0 radical (unpaired) electrons. The number of nitrogens with zero attached hydrogens (tertiary/aromatic N) is 1. The predicted octanol–water partition coefficient (Wildman–Crippen LogP) is 3.33. The van der Waals surface area contributed by atoms with Crippen LogP contribution in [0.2, 0.25) is 0 Å². The number of hydrogen-bond acceptors (Lipinski definition) is 1. The zero-order valence-electron chi connectivity index (χ0n) is 11.8. The maximum absolute atomic E-state index is 4.72. The third-order valence-electron chi connectivity index (χ3n) is 3.81. The monoisotopic (exact) mass is 291 g/mol. The van der Waals surface area contributed by atoms with E-state index in [2.05, 4.69) is 79.5 Å². The summed E-state index contributed by atoms with van der Waals surface area (Å²) in [4.78, 5) is 0. The van der Waals surface area contributed by atoms with Gasteiger partial charge in [0.1, 0.15) is 0 Å². The first-order chi connectivity index (χ1) is 10.4. The molecule has 0 fully saturated rings. The van der Waals surface area contributed by atoms with Gasteiger partial charge in [-0.3, -0.25) is 0 Å². The van der Waals surface area contributed by atoms with E-state index in [1.807, 2.05) is 18.2 Å². The van der Waals surface area contributed by atoms with Crippen molar-refractivity contribution in [2.45, 2.75) is 0 Å². The predicted molar refractivity (Wildman–Crippen MR) is 96.1 cm³/mol. The summed E-state index contributed by atoms with van der Waals surface area (Å²) < 4.78 is 4.72. The van der Waals surface area contributed by atoms with Crippen molar-refractivity contribution in [3.63, 3.8) is 0 Å². The molecule has 0 saturated carbocycles. The van der Waals surface area contributed by atoms with Gasteiger partial charge >= 0.3 is 126 Å². The summed E-state index contributed by atoms with van der Waals surface area (Å²) in [7, 11) is -2.38. The Balaban J connectivity index is 2.31. The van der Waals surface area contributed by atoms with Crippen molar-refractivity contribution in [2.75, 3.05) is 0 Å². The molecule has 3 rings (SSSR count). The molecule has 0 N–H and O–H groups in total. The molecule has 0 spiro atoms. The molecule has 0 saturated heterocycles. The first-order valence-corrected chi connectivity index (χ1v) is 8.97. The Morgan fingerprint density at radius 3 is 1.05 bits per heavy atom. The third-order valence-corrected chi connectivity index (χ3v) is 7.79. The van der Waals surface area contributed by atoms with Gasteiger partial charge in [-0.1, -0.05) is 0 Å². The first-order valence-electron chi connectivity index (χ1n) is 7.02. The minimum atomic E-state index is -2.38. The first kappa shape index (κ1) is 13.7. The van der Waals surface area contributed by atoms with Crippen LogP contribution in [0.3, 0.4) is 0 Å². The van der Waals surface area contributed by atoms with Crippen LogP contribution in [0.25, 0.3) is 0 Å². The summed E-state index contributed by atoms with van der Waals surface area (Å²) in [6, 6.07) is 31.6. The fraction of sp³-hybridized carbons (Fsp3) is 0. The quantitative estimate of drug-likeness (QED) is 0.516. The van der Waals surface area contributed by atoms with E-state index in [-0.39, 0.29) is 0 Å². The molecule has 1 nitrogen and oxygen atoms in total. The van der Waals surface area contributed by atoms with Crippen LogP contribution in [0.15, 0.2) is 95.8 Å². The van der Waals surface area contributed by atoms with Crippen LogP contribution in [0.5, 0.6) is 0 Å². The average molecular weight is 291 g/mol. The molecule has 0 heterocycles. The van der Waals surface area contributed by atoms with Gasteiger partial charge in [0.05, 0.1) is 0 Å². The topological polar surface area (TPSA) is 12.4 Å². The summed E-state index contributed by atoms with van der Waals surface area (Å²) in [6.45, 7) is 3.97. The standard InChI is InChI=1S/C19H18NP/c1-20-21(17-11-5-2-6-12-17,18-13-7-3-8-14-18)19-15-9-4-10-16-19/h2-16,21H,1H2. The second-order valence-electron chi connectivity index (χ2n) is 4.97. The van der Waals surface area contributed by atoms with E-state index in [9.17, 15) is 0 Å². The van der Waals surface area contributed by atoms with Gasteiger partial charge < -0.3 is 0 Å². The molecule has 3 aromatic carbocycles.